The maximum atomic E-state index is 13.1. The Morgan fingerprint density at radius 3 is 2.10 bits per heavy atom. The van der Waals surface area contributed by atoms with Gasteiger partial charge in [-0.2, -0.15) is 0 Å². The molecule has 0 aliphatic heterocycles. The molecule has 0 fully saturated rings. The summed E-state index contributed by atoms with van der Waals surface area (Å²) in [5, 5.41) is 2.93. The third-order valence-corrected chi connectivity index (χ3v) is 5.23. The average molecular weight is 425 g/mol. The molecule has 2 aromatic carbocycles. The van der Waals surface area contributed by atoms with Crippen molar-refractivity contribution < 1.29 is 14.3 Å². The lowest BCUT2D eigenvalue weighted by molar-refractivity contribution is -0.142. The minimum Gasteiger partial charge on any atom is -0.484 e. The van der Waals surface area contributed by atoms with Crippen LogP contribution in [0.4, 0.5) is 0 Å². The monoisotopic (exact) mass is 424 g/mol. The summed E-state index contributed by atoms with van der Waals surface area (Å²) in [5.74, 6) is 1.04. The molecule has 31 heavy (non-hydrogen) atoms. The first-order chi connectivity index (χ1) is 14.7. The van der Waals surface area contributed by atoms with Gasteiger partial charge in [0.15, 0.2) is 6.61 Å². The Balaban J connectivity index is 2.10. The van der Waals surface area contributed by atoms with E-state index in [0.29, 0.717) is 30.7 Å². The van der Waals surface area contributed by atoms with Crippen molar-refractivity contribution in [2.45, 2.75) is 60.0 Å². The lowest BCUT2D eigenvalue weighted by atomic mass is 10.0. The van der Waals surface area contributed by atoms with Gasteiger partial charge in [0.05, 0.1) is 0 Å². The van der Waals surface area contributed by atoms with Crippen LogP contribution in [0.2, 0.25) is 0 Å². The first kappa shape index (κ1) is 24.4. The van der Waals surface area contributed by atoms with E-state index in [1.54, 1.807) is 11.8 Å². The van der Waals surface area contributed by atoms with E-state index in [1.807, 2.05) is 69.3 Å². The van der Waals surface area contributed by atoms with Crippen LogP contribution in [0.25, 0.3) is 0 Å². The van der Waals surface area contributed by atoms with Crippen LogP contribution in [0.3, 0.4) is 0 Å². The van der Waals surface area contributed by atoms with Gasteiger partial charge in [0.2, 0.25) is 5.91 Å². The second kappa shape index (κ2) is 11.5. The number of benzene rings is 2. The third-order valence-electron chi connectivity index (χ3n) is 5.23. The number of amides is 2. The second-order valence-corrected chi connectivity index (χ2v) is 8.83. The molecule has 2 rings (SSSR count). The van der Waals surface area contributed by atoms with E-state index in [0.717, 1.165) is 11.1 Å². The summed E-state index contributed by atoms with van der Waals surface area (Å²) in [6.07, 6.45) is 0. The highest BCUT2D eigenvalue weighted by Gasteiger charge is 2.26. The van der Waals surface area contributed by atoms with E-state index in [4.69, 9.17) is 4.74 Å². The van der Waals surface area contributed by atoms with Crippen LogP contribution in [-0.2, 0) is 16.1 Å². The highest BCUT2D eigenvalue weighted by atomic mass is 16.5. The van der Waals surface area contributed by atoms with Crippen LogP contribution in [-0.4, -0.2) is 35.9 Å². The Hall–Kier alpha value is -2.82. The number of aryl methyl sites for hydroxylation is 1. The zero-order valence-corrected chi connectivity index (χ0v) is 19.6. The number of nitrogens with zero attached hydrogens (tertiary/aromatic N) is 1. The molecule has 0 radical (unpaired) electrons. The predicted molar refractivity (Wildman–Crippen MR) is 125 cm³/mol. The fourth-order valence-corrected chi connectivity index (χ4v) is 3.10. The van der Waals surface area contributed by atoms with E-state index in [2.05, 4.69) is 19.2 Å². The summed E-state index contributed by atoms with van der Waals surface area (Å²) < 4.78 is 5.75. The standard InChI is InChI=1S/C26H36N2O3/c1-18(2)15-27-26(30)21(6)28(16-22-9-7-20(5)8-10-22)25(29)17-31-24-13-11-23(12-14-24)19(3)4/h7-14,18-19,21H,15-17H2,1-6H3,(H,27,30). The van der Waals surface area contributed by atoms with E-state index in [9.17, 15) is 9.59 Å². The van der Waals surface area contributed by atoms with Crippen LogP contribution in [0, 0.1) is 12.8 Å². The molecule has 0 aromatic heterocycles. The van der Waals surface area contributed by atoms with E-state index < -0.39 is 6.04 Å². The molecule has 168 valence electrons. The Morgan fingerprint density at radius 2 is 1.55 bits per heavy atom. The van der Waals surface area contributed by atoms with Crippen molar-refractivity contribution >= 4 is 11.8 Å². The number of carbonyl (C=O) groups is 2. The first-order valence-electron chi connectivity index (χ1n) is 11.0. The van der Waals surface area contributed by atoms with Gasteiger partial charge in [-0.05, 0) is 48.9 Å². The van der Waals surface area contributed by atoms with Crippen molar-refractivity contribution in [3.63, 3.8) is 0 Å². The molecule has 0 aliphatic carbocycles. The molecule has 5 heteroatoms. The summed E-state index contributed by atoms with van der Waals surface area (Å²) in [5.41, 5.74) is 3.34. The van der Waals surface area contributed by atoms with Gasteiger partial charge in [0.1, 0.15) is 11.8 Å². The van der Waals surface area contributed by atoms with Crippen molar-refractivity contribution in [2.75, 3.05) is 13.2 Å². The Labute approximate surface area is 186 Å². The van der Waals surface area contributed by atoms with Crippen LogP contribution in [0.5, 0.6) is 5.75 Å². The summed E-state index contributed by atoms with van der Waals surface area (Å²) in [6.45, 7) is 12.9. The Kier molecular flexibility index (Phi) is 9.10. The molecule has 2 aromatic rings. The molecule has 5 nitrogen and oxygen atoms in total. The second-order valence-electron chi connectivity index (χ2n) is 8.83. The zero-order chi connectivity index (χ0) is 23.0. The van der Waals surface area contributed by atoms with Gasteiger partial charge in [0, 0.05) is 13.1 Å². The van der Waals surface area contributed by atoms with E-state index in [1.165, 1.54) is 5.56 Å². The topological polar surface area (TPSA) is 58.6 Å². The molecule has 1 unspecified atom stereocenters. The molecule has 0 heterocycles. The normalized spacial score (nSPS) is 12.0. The fourth-order valence-electron chi connectivity index (χ4n) is 3.10. The summed E-state index contributed by atoms with van der Waals surface area (Å²) >= 11 is 0. The van der Waals surface area contributed by atoms with Crippen molar-refractivity contribution in [3.8, 4) is 5.75 Å². The van der Waals surface area contributed by atoms with Crippen LogP contribution in [0.1, 0.15) is 57.2 Å². The molecule has 0 saturated carbocycles. The third kappa shape index (κ3) is 7.74. The minimum atomic E-state index is -0.598. The zero-order valence-electron chi connectivity index (χ0n) is 19.6. The van der Waals surface area contributed by atoms with Gasteiger partial charge in [0.25, 0.3) is 5.91 Å². The van der Waals surface area contributed by atoms with Crippen LogP contribution < -0.4 is 10.1 Å². The van der Waals surface area contributed by atoms with Gasteiger partial charge in [-0.3, -0.25) is 9.59 Å². The number of rotatable bonds is 10. The number of hydrogen-bond donors (Lipinski definition) is 1. The molecular formula is C26H36N2O3. The number of hydrogen-bond acceptors (Lipinski definition) is 3. The highest BCUT2D eigenvalue weighted by molar-refractivity contribution is 5.87. The van der Waals surface area contributed by atoms with Crippen molar-refractivity contribution in [2.24, 2.45) is 5.92 Å². The van der Waals surface area contributed by atoms with Gasteiger partial charge in [-0.15, -0.1) is 0 Å². The fraction of sp³-hybridized carbons (Fsp3) is 0.462. The van der Waals surface area contributed by atoms with E-state index >= 15 is 0 Å². The van der Waals surface area contributed by atoms with Gasteiger partial charge < -0.3 is 15.0 Å². The summed E-state index contributed by atoms with van der Waals surface area (Å²) in [4.78, 5) is 27.3. The smallest absolute Gasteiger partial charge is 0.261 e. The van der Waals surface area contributed by atoms with Gasteiger partial charge in [-0.25, -0.2) is 0 Å². The molecule has 1 atom stereocenters. The lowest BCUT2D eigenvalue weighted by Gasteiger charge is -2.29. The predicted octanol–water partition coefficient (Wildman–Crippen LogP) is 4.69. The molecule has 0 saturated heterocycles. The quantitative estimate of drug-likeness (QED) is 0.602. The summed E-state index contributed by atoms with van der Waals surface area (Å²) in [6, 6.07) is 15.2. The average Bonchev–Trinajstić information content (AvgIpc) is 2.75. The van der Waals surface area contributed by atoms with Crippen molar-refractivity contribution in [1.29, 1.82) is 0 Å². The lowest BCUT2D eigenvalue weighted by Crippen LogP contribution is -2.49. The minimum absolute atomic E-state index is 0.116. The largest absolute Gasteiger partial charge is 0.484 e. The number of nitrogens with one attached hydrogen (secondary N) is 1. The Bertz CT molecular complexity index is 842. The van der Waals surface area contributed by atoms with Crippen molar-refractivity contribution in [3.05, 3.63) is 65.2 Å². The molecule has 0 spiro atoms. The molecular weight excluding hydrogens is 388 g/mol. The van der Waals surface area contributed by atoms with Crippen LogP contribution in [0.15, 0.2) is 48.5 Å². The maximum Gasteiger partial charge on any atom is 0.261 e. The van der Waals surface area contributed by atoms with Crippen LogP contribution >= 0.6 is 0 Å². The van der Waals surface area contributed by atoms with Crippen molar-refractivity contribution in [1.82, 2.24) is 10.2 Å². The van der Waals surface area contributed by atoms with E-state index in [-0.39, 0.29) is 18.4 Å². The number of carbonyl (C=O) groups excluding carboxylic acids is 2. The molecule has 1 N–H and O–H groups in total. The molecule has 2 amide bonds. The maximum absolute atomic E-state index is 13.1. The first-order valence-corrected chi connectivity index (χ1v) is 11.0. The molecule has 0 aliphatic rings. The number of ether oxygens (including phenoxy) is 1. The van der Waals surface area contributed by atoms with Gasteiger partial charge >= 0.3 is 0 Å². The highest BCUT2D eigenvalue weighted by Crippen LogP contribution is 2.19. The van der Waals surface area contributed by atoms with Gasteiger partial charge in [-0.1, -0.05) is 69.7 Å². The summed E-state index contributed by atoms with van der Waals surface area (Å²) in [7, 11) is 0. The Morgan fingerprint density at radius 1 is 0.935 bits per heavy atom. The molecule has 0 bridgehead atoms. The SMILES string of the molecule is Cc1ccc(CN(C(=O)COc2ccc(C(C)C)cc2)C(C)C(=O)NCC(C)C)cc1.